The zero-order valence-corrected chi connectivity index (χ0v) is 17.0. The topological polar surface area (TPSA) is 67.8 Å². The Kier molecular flexibility index (Phi) is 5.72. The van der Waals surface area contributed by atoms with E-state index in [0.29, 0.717) is 23.5 Å². The minimum Gasteiger partial charge on any atom is -0.493 e. The number of halogens is 1. The number of aryl methyl sites for hydroxylation is 1. The summed E-state index contributed by atoms with van der Waals surface area (Å²) in [5.41, 5.74) is 1.52. The van der Waals surface area contributed by atoms with Crippen LogP contribution in [0.3, 0.4) is 0 Å². The molecule has 1 atom stereocenters. The van der Waals surface area contributed by atoms with E-state index >= 15 is 0 Å². The first kappa shape index (κ1) is 19.0. The molecule has 0 radical (unpaired) electrons. The summed E-state index contributed by atoms with van der Waals surface area (Å²) < 4.78 is 11.3. The number of benzene rings is 2. The fraction of sp³-hybridized carbons (Fsp3) is 0.350. The number of hydrogen-bond donors (Lipinski definition) is 2. The van der Waals surface area contributed by atoms with Gasteiger partial charge in [-0.05, 0) is 65.1 Å². The fourth-order valence-corrected chi connectivity index (χ4v) is 4.12. The van der Waals surface area contributed by atoms with E-state index in [2.05, 4.69) is 27.9 Å². The third-order valence-corrected chi connectivity index (χ3v) is 5.71. The van der Waals surface area contributed by atoms with E-state index in [0.717, 1.165) is 27.5 Å². The zero-order chi connectivity index (χ0) is 18.7. The number of carbonyl (C=O) groups excluding carboxylic acids is 1. The van der Waals surface area contributed by atoms with Gasteiger partial charge in [0.25, 0.3) is 5.91 Å². The summed E-state index contributed by atoms with van der Waals surface area (Å²) in [6, 6.07) is 11.3. The van der Waals surface area contributed by atoms with Gasteiger partial charge in [0.15, 0.2) is 11.5 Å². The molecule has 1 amide bonds. The van der Waals surface area contributed by atoms with Crippen molar-refractivity contribution in [2.24, 2.45) is 0 Å². The molecule has 0 aliphatic heterocycles. The van der Waals surface area contributed by atoms with Crippen LogP contribution in [0.2, 0.25) is 0 Å². The van der Waals surface area contributed by atoms with Crippen molar-refractivity contribution in [3.8, 4) is 11.5 Å². The second-order valence-corrected chi connectivity index (χ2v) is 7.57. The highest BCUT2D eigenvalue weighted by Gasteiger charge is 2.34. The number of ether oxygens (including phenoxy) is 2. The lowest BCUT2D eigenvalue weighted by molar-refractivity contribution is 0.0189. The molecule has 138 valence electrons. The van der Waals surface area contributed by atoms with Gasteiger partial charge in [0.1, 0.15) is 5.60 Å². The maximum atomic E-state index is 12.7. The Morgan fingerprint density at radius 1 is 1.23 bits per heavy atom. The Labute approximate surface area is 166 Å². The SMILES string of the molecule is COc1cc(I)c(C(=O)NCC2(O)CCCc3ccccc32)cc1OC. The van der Waals surface area contributed by atoms with Gasteiger partial charge in [0, 0.05) is 3.57 Å². The molecule has 0 bridgehead atoms. The third-order valence-electron chi connectivity index (χ3n) is 4.81. The van der Waals surface area contributed by atoms with Gasteiger partial charge in [0.2, 0.25) is 0 Å². The molecule has 5 nitrogen and oxygen atoms in total. The summed E-state index contributed by atoms with van der Waals surface area (Å²) in [7, 11) is 3.10. The van der Waals surface area contributed by atoms with Crippen molar-refractivity contribution in [1.82, 2.24) is 5.32 Å². The van der Waals surface area contributed by atoms with Crippen LogP contribution in [-0.2, 0) is 12.0 Å². The van der Waals surface area contributed by atoms with E-state index in [1.54, 1.807) is 19.2 Å². The van der Waals surface area contributed by atoms with Crippen LogP contribution in [0, 0.1) is 3.57 Å². The molecule has 0 aromatic heterocycles. The first-order chi connectivity index (χ1) is 12.5. The lowest BCUT2D eigenvalue weighted by Crippen LogP contribution is -2.43. The van der Waals surface area contributed by atoms with E-state index in [9.17, 15) is 9.90 Å². The molecule has 0 fully saturated rings. The molecule has 1 aliphatic rings. The van der Waals surface area contributed by atoms with E-state index in [1.165, 1.54) is 7.11 Å². The molecule has 1 unspecified atom stereocenters. The van der Waals surface area contributed by atoms with Crippen LogP contribution in [0.15, 0.2) is 36.4 Å². The molecule has 6 heteroatoms. The molecule has 26 heavy (non-hydrogen) atoms. The Morgan fingerprint density at radius 2 is 1.92 bits per heavy atom. The Bertz CT molecular complexity index is 823. The summed E-state index contributed by atoms with van der Waals surface area (Å²) in [6.45, 7) is 0.174. The van der Waals surface area contributed by atoms with Gasteiger partial charge >= 0.3 is 0 Å². The van der Waals surface area contributed by atoms with Crippen molar-refractivity contribution in [1.29, 1.82) is 0 Å². The largest absolute Gasteiger partial charge is 0.493 e. The number of nitrogens with one attached hydrogen (secondary N) is 1. The van der Waals surface area contributed by atoms with Crippen LogP contribution in [0.5, 0.6) is 11.5 Å². The van der Waals surface area contributed by atoms with Crippen LogP contribution >= 0.6 is 22.6 Å². The molecule has 2 aromatic carbocycles. The van der Waals surface area contributed by atoms with Crippen molar-refractivity contribution in [2.75, 3.05) is 20.8 Å². The molecule has 0 saturated heterocycles. The zero-order valence-electron chi connectivity index (χ0n) is 14.8. The Hall–Kier alpha value is -1.80. The van der Waals surface area contributed by atoms with E-state index in [-0.39, 0.29) is 12.5 Å². The normalized spacial score (nSPS) is 18.8. The molecule has 0 saturated carbocycles. The average Bonchev–Trinajstić information content (AvgIpc) is 2.66. The number of rotatable bonds is 5. The number of hydrogen-bond acceptors (Lipinski definition) is 4. The van der Waals surface area contributed by atoms with Crippen LogP contribution in [0.25, 0.3) is 0 Å². The Balaban J connectivity index is 1.80. The van der Waals surface area contributed by atoms with E-state index in [4.69, 9.17) is 9.47 Å². The summed E-state index contributed by atoms with van der Waals surface area (Å²) in [5, 5.41) is 14.0. The van der Waals surface area contributed by atoms with Gasteiger partial charge in [-0.15, -0.1) is 0 Å². The molecule has 2 aromatic rings. The van der Waals surface area contributed by atoms with Crippen molar-refractivity contribution in [2.45, 2.75) is 24.9 Å². The van der Waals surface area contributed by atoms with Crippen LogP contribution in [-0.4, -0.2) is 31.8 Å². The van der Waals surface area contributed by atoms with Crippen LogP contribution < -0.4 is 14.8 Å². The van der Waals surface area contributed by atoms with Gasteiger partial charge in [-0.25, -0.2) is 0 Å². The quantitative estimate of drug-likeness (QED) is 0.663. The summed E-state index contributed by atoms with van der Waals surface area (Å²) in [5.74, 6) is 0.833. The van der Waals surface area contributed by atoms with E-state index < -0.39 is 5.60 Å². The van der Waals surface area contributed by atoms with Crippen molar-refractivity contribution in [3.63, 3.8) is 0 Å². The van der Waals surface area contributed by atoms with E-state index in [1.807, 2.05) is 24.3 Å². The van der Waals surface area contributed by atoms with Gasteiger partial charge in [-0.2, -0.15) is 0 Å². The highest BCUT2D eigenvalue weighted by molar-refractivity contribution is 14.1. The van der Waals surface area contributed by atoms with Crippen LogP contribution in [0.4, 0.5) is 0 Å². The van der Waals surface area contributed by atoms with Crippen molar-refractivity contribution in [3.05, 3.63) is 56.7 Å². The first-order valence-corrected chi connectivity index (χ1v) is 9.57. The standard InChI is InChI=1S/C20H22INO4/c1-25-17-10-14(16(21)11-18(17)26-2)19(23)22-12-20(24)9-5-7-13-6-3-4-8-15(13)20/h3-4,6,8,10-11,24H,5,7,9,12H2,1-2H3,(H,22,23). The summed E-state index contributed by atoms with van der Waals surface area (Å²) >= 11 is 2.10. The number of carbonyl (C=O) groups is 1. The molecule has 0 spiro atoms. The molecule has 2 N–H and O–H groups in total. The molecule has 3 rings (SSSR count). The van der Waals surface area contributed by atoms with Gasteiger partial charge in [-0.1, -0.05) is 24.3 Å². The van der Waals surface area contributed by atoms with Crippen molar-refractivity contribution < 1.29 is 19.4 Å². The second-order valence-electron chi connectivity index (χ2n) is 6.41. The minimum atomic E-state index is -1.04. The average molecular weight is 467 g/mol. The maximum Gasteiger partial charge on any atom is 0.252 e. The molecule has 0 heterocycles. The lowest BCUT2D eigenvalue weighted by Gasteiger charge is -2.34. The first-order valence-electron chi connectivity index (χ1n) is 8.49. The van der Waals surface area contributed by atoms with Gasteiger partial charge in [-0.3, -0.25) is 4.79 Å². The second kappa shape index (κ2) is 7.84. The fourth-order valence-electron chi connectivity index (χ4n) is 3.43. The smallest absolute Gasteiger partial charge is 0.252 e. The predicted molar refractivity (Wildman–Crippen MR) is 108 cm³/mol. The van der Waals surface area contributed by atoms with Gasteiger partial charge < -0.3 is 19.9 Å². The van der Waals surface area contributed by atoms with Gasteiger partial charge in [0.05, 0.1) is 26.3 Å². The predicted octanol–water partition coefficient (Wildman–Crippen LogP) is 3.26. The lowest BCUT2D eigenvalue weighted by atomic mass is 9.79. The molecular formula is C20H22INO4. The molecular weight excluding hydrogens is 445 g/mol. The number of fused-ring (bicyclic) bond motifs is 1. The summed E-state index contributed by atoms with van der Waals surface area (Å²) in [6.07, 6.45) is 2.49. The third kappa shape index (κ3) is 3.66. The number of aliphatic hydroxyl groups is 1. The highest BCUT2D eigenvalue weighted by Crippen LogP contribution is 2.35. The minimum absolute atomic E-state index is 0.174. The number of methoxy groups -OCH3 is 2. The van der Waals surface area contributed by atoms with Crippen molar-refractivity contribution >= 4 is 28.5 Å². The Morgan fingerprint density at radius 3 is 2.65 bits per heavy atom. The monoisotopic (exact) mass is 467 g/mol. The highest BCUT2D eigenvalue weighted by atomic mass is 127. The van der Waals surface area contributed by atoms with Crippen LogP contribution in [0.1, 0.15) is 34.3 Å². The molecule has 1 aliphatic carbocycles. The number of amides is 1. The summed E-state index contributed by atoms with van der Waals surface area (Å²) in [4.78, 5) is 12.7. The maximum absolute atomic E-state index is 12.7.